The average molecular weight is 437 g/mol. The summed E-state index contributed by atoms with van der Waals surface area (Å²) in [7, 11) is 1.62. The van der Waals surface area contributed by atoms with Crippen molar-refractivity contribution in [1.29, 1.82) is 0 Å². The van der Waals surface area contributed by atoms with Crippen molar-refractivity contribution in [3.05, 3.63) is 65.7 Å². The third-order valence-electron chi connectivity index (χ3n) is 6.13. The number of nitrogens with zero attached hydrogens (tertiary/aromatic N) is 2. The van der Waals surface area contributed by atoms with Gasteiger partial charge in [-0.15, -0.1) is 6.58 Å². The Bertz CT molecular complexity index is 1040. The summed E-state index contributed by atoms with van der Waals surface area (Å²) in [6.07, 6.45) is 2.53. The number of urea groups is 1. The van der Waals surface area contributed by atoms with E-state index in [1.165, 1.54) is 12.1 Å². The number of methoxy groups -OCH3 is 1. The maximum Gasteiger partial charge on any atom is 0.318 e. The van der Waals surface area contributed by atoms with Crippen LogP contribution in [-0.2, 0) is 17.6 Å². The molecule has 0 aromatic heterocycles. The number of hydrogen-bond donors (Lipinski definition) is 3. The van der Waals surface area contributed by atoms with E-state index in [1.54, 1.807) is 23.0 Å². The molecule has 0 unspecified atom stereocenters. The summed E-state index contributed by atoms with van der Waals surface area (Å²) in [4.78, 5) is 29.6. The Balaban J connectivity index is 1.60. The summed E-state index contributed by atoms with van der Waals surface area (Å²) in [5.41, 5.74) is 2.59. The highest BCUT2D eigenvalue weighted by atomic mass is 16.5. The van der Waals surface area contributed by atoms with Gasteiger partial charge in [-0.1, -0.05) is 18.2 Å². The molecule has 8 heteroatoms. The first-order valence-corrected chi connectivity index (χ1v) is 10.6. The van der Waals surface area contributed by atoms with Crippen LogP contribution in [0.5, 0.6) is 17.2 Å². The van der Waals surface area contributed by atoms with Crippen LogP contribution >= 0.6 is 0 Å². The molecule has 2 aliphatic heterocycles. The van der Waals surface area contributed by atoms with Crippen LogP contribution in [-0.4, -0.2) is 64.7 Å². The lowest BCUT2D eigenvalue weighted by atomic mass is 9.84. The maximum atomic E-state index is 13.4. The second-order valence-corrected chi connectivity index (χ2v) is 8.04. The highest BCUT2D eigenvalue weighted by Gasteiger charge is 2.47. The Morgan fingerprint density at radius 1 is 1.22 bits per heavy atom. The summed E-state index contributed by atoms with van der Waals surface area (Å²) < 4.78 is 5.19. The summed E-state index contributed by atoms with van der Waals surface area (Å²) >= 11 is 0. The van der Waals surface area contributed by atoms with E-state index in [-0.39, 0.29) is 36.4 Å². The molecule has 1 fully saturated rings. The van der Waals surface area contributed by atoms with Crippen molar-refractivity contribution in [3.8, 4) is 17.2 Å². The number of nitrogens with one attached hydrogen (secondary N) is 1. The Kier molecular flexibility index (Phi) is 5.94. The third kappa shape index (κ3) is 3.95. The van der Waals surface area contributed by atoms with E-state index in [4.69, 9.17) is 4.74 Å². The minimum Gasteiger partial charge on any atom is -0.504 e. The lowest BCUT2D eigenvalue weighted by molar-refractivity contribution is -0.143. The second-order valence-electron chi connectivity index (χ2n) is 8.04. The minimum absolute atomic E-state index is 0.123. The molecule has 0 radical (unpaired) electrons. The number of aromatic hydroxyl groups is 2. The molecule has 4 rings (SSSR count). The lowest BCUT2D eigenvalue weighted by Crippen LogP contribution is -2.64. The molecule has 2 aliphatic rings. The Morgan fingerprint density at radius 2 is 1.94 bits per heavy atom. The van der Waals surface area contributed by atoms with Gasteiger partial charge in [0.1, 0.15) is 11.8 Å². The van der Waals surface area contributed by atoms with Crippen molar-refractivity contribution in [2.75, 3.05) is 26.7 Å². The number of benzene rings is 2. The zero-order valence-corrected chi connectivity index (χ0v) is 18.0. The molecule has 8 nitrogen and oxygen atoms in total. The van der Waals surface area contributed by atoms with Crippen LogP contribution in [0.25, 0.3) is 0 Å². The summed E-state index contributed by atoms with van der Waals surface area (Å²) in [6, 6.07) is 9.26. The van der Waals surface area contributed by atoms with Gasteiger partial charge in [0.2, 0.25) is 5.91 Å². The molecule has 0 spiro atoms. The quantitative estimate of drug-likeness (QED) is 0.476. The zero-order chi connectivity index (χ0) is 22.8. The number of phenols is 2. The SMILES string of the molecule is C=CCNC(=O)N1[C@H]2Cc3cc(O)c(O)cc3[C@@H]1CN(CCc1ccc(OC)cc1)C2=O. The Labute approximate surface area is 186 Å². The highest BCUT2D eigenvalue weighted by Crippen LogP contribution is 2.42. The van der Waals surface area contributed by atoms with Crippen molar-refractivity contribution in [3.63, 3.8) is 0 Å². The molecule has 168 valence electrons. The van der Waals surface area contributed by atoms with Crippen LogP contribution in [0.3, 0.4) is 0 Å². The van der Waals surface area contributed by atoms with E-state index in [0.717, 1.165) is 22.4 Å². The van der Waals surface area contributed by atoms with Gasteiger partial charge in [-0.3, -0.25) is 4.79 Å². The number of hydrogen-bond acceptors (Lipinski definition) is 5. The largest absolute Gasteiger partial charge is 0.504 e. The van der Waals surface area contributed by atoms with Crippen molar-refractivity contribution < 1.29 is 24.5 Å². The van der Waals surface area contributed by atoms with Gasteiger partial charge in [-0.2, -0.15) is 0 Å². The van der Waals surface area contributed by atoms with Crippen LogP contribution in [0.4, 0.5) is 4.79 Å². The molecule has 0 saturated carbocycles. The fraction of sp³-hybridized carbons (Fsp3) is 0.333. The molecule has 1 saturated heterocycles. The van der Waals surface area contributed by atoms with Crippen LogP contribution in [0.1, 0.15) is 22.7 Å². The first kappa shape index (κ1) is 21.5. The van der Waals surface area contributed by atoms with Crippen molar-refractivity contribution in [2.24, 2.45) is 0 Å². The van der Waals surface area contributed by atoms with E-state index >= 15 is 0 Å². The number of carbonyl (C=O) groups is 2. The predicted molar refractivity (Wildman–Crippen MR) is 119 cm³/mol. The van der Waals surface area contributed by atoms with E-state index < -0.39 is 12.1 Å². The first-order chi connectivity index (χ1) is 15.4. The van der Waals surface area contributed by atoms with Crippen molar-refractivity contribution >= 4 is 11.9 Å². The molecule has 2 bridgehead atoms. The van der Waals surface area contributed by atoms with Gasteiger partial charge in [-0.05, 0) is 47.4 Å². The number of phenolic OH excluding ortho intramolecular Hbond substituents is 2. The maximum absolute atomic E-state index is 13.4. The minimum atomic E-state index is -0.675. The lowest BCUT2D eigenvalue weighted by Gasteiger charge is -2.49. The van der Waals surface area contributed by atoms with Gasteiger partial charge in [0.25, 0.3) is 0 Å². The molecule has 3 amide bonds. The summed E-state index contributed by atoms with van der Waals surface area (Å²) in [5, 5.41) is 22.8. The van der Waals surface area contributed by atoms with Gasteiger partial charge < -0.3 is 30.1 Å². The van der Waals surface area contributed by atoms with E-state index in [2.05, 4.69) is 11.9 Å². The number of ether oxygens (including phenoxy) is 1. The normalized spacial score (nSPS) is 19.3. The average Bonchev–Trinajstić information content (AvgIpc) is 2.80. The molecule has 0 aliphatic carbocycles. The second kappa shape index (κ2) is 8.82. The van der Waals surface area contributed by atoms with Gasteiger partial charge in [0, 0.05) is 26.1 Å². The third-order valence-corrected chi connectivity index (χ3v) is 6.13. The van der Waals surface area contributed by atoms with Crippen molar-refractivity contribution in [2.45, 2.75) is 24.9 Å². The molecule has 2 aromatic carbocycles. The Morgan fingerprint density at radius 3 is 2.62 bits per heavy atom. The van der Waals surface area contributed by atoms with Crippen LogP contribution in [0, 0.1) is 0 Å². The Hall–Kier alpha value is -3.68. The standard InChI is InChI=1S/C24H27N3O5/c1-3-9-25-24(31)27-19-11-16-12-21(28)22(29)13-18(16)20(27)14-26(23(19)30)10-8-15-4-6-17(32-2)7-5-15/h3-7,12-13,19-20,28-29H,1,8-11,14H2,2H3,(H,25,31)/t19-,20-/m0/s1. The highest BCUT2D eigenvalue weighted by molar-refractivity contribution is 5.90. The number of rotatable bonds is 6. The summed E-state index contributed by atoms with van der Waals surface area (Å²) in [6.45, 7) is 4.73. The fourth-order valence-electron chi connectivity index (χ4n) is 4.49. The van der Waals surface area contributed by atoms with Gasteiger partial charge in [-0.25, -0.2) is 4.79 Å². The van der Waals surface area contributed by atoms with Crippen LogP contribution in [0.2, 0.25) is 0 Å². The first-order valence-electron chi connectivity index (χ1n) is 10.6. The smallest absolute Gasteiger partial charge is 0.318 e. The molecule has 2 aromatic rings. The summed E-state index contributed by atoms with van der Waals surface area (Å²) in [5.74, 6) is 0.186. The monoisotopic (exact) mass is 437 g/mol. The van der Waals surface area contributed by atoms with E-state index in [0.29, 0.717) is 19.5 Å². The fourth-order valence-corrected chi connectivity index (χ4v) is 4.49. The van der Waals surface area contributed by atoms with Gasteiger partial charge >= 0.3 is 6.03 Å². The number of piperazine rings is 1. The van der Waals surface area contributed by atoms with Crippen molar-refractivity contribution in [1.82, 2.24) is 15.1 Å². The van der Waals surface area contributed by atoms with E-state index in [9.17, 15) is 19.8 Å². The molecular formula is C24H27N3O5. The molecular weight excluding hydrogens is 410 g/mol. The van der Waals surface area contributed by atoms with Crippen LogP contribution in [0.15, 0.2) is 49.1 Å². The topological polar surface area (TPSA) is 102 Å². The van der Waals surface area contributed by atoms with E-state index in [1.807, 2.05) is 24.3 Å². The van der Waals surface area contributed by atoms with Gasteiger partial charge in [0.15, 0.2) is 11.5 Å². The molecule has 2 heterocycles. The molecule has 3 N–H and O–H groups in total. The van der Waals surface area contributed by atoms with Gasteiger partial charge in [0.05, 0.1) is 13.2 Å². The predicted octanol–water partition coefficient (Wildman–Crippen LogP) is 2.35. The van der Waals surface area contributed by atoms with Crippen LogP contribution < -0.4 is 10.1 Å². The molecule has 2 atom stereocenters. The number of carbonyl (C=O) groups excluding carboxylic acids is 2. The zero-order valence-electron chi connectivity index (χ0n) is 18.0. The number of fused-ring (bicyclic) bond motifs is 4. The molecule has 32 heavy (non-hydrogen) atoms. The number of amides is 3.